The van der Waals surface area contributed by atoms with Crippen molar-refractivity contribution in [3.63, 3.8) is 0 Å². The van der Waals surface area contributed by atoms with Crippen molar-refractivity contribution in [1.82, 2.24) is 9.88 Å². The van der Waals surface area contributed by atoms with Crippen LogP contribution >= 0.6 is 11.6 Å². The number of nitrogens with one attached hydrogen (secondary N) is 1. The van der Waals surface area contributed by atoms with E-state index in [2.05, 4.69) is 27.3 Å². The number of anilines is 1. The second kappa shape index (κ2) is 10.3. The SMILES string of the molecule is CCOC(=O)/C=C/c1cnc(N[C@@H]2CCN(Cc3ccc(OC)cc3)C2)c(Cl)c1. The van der Waals surface area contributed by atoms with Gasteiger partial charge in [0.2, 0.25) is 0 Å². The molecule has 0 spiro atoms. The first-order chi connectivity index (χ1) is 14.1. The summed E-state index contributed by atoms with van der Waals surface area (Å²) in [5.74, 6) is 1.15. The molecule has 0 radical (unpaired) electrons. The van der Waals surface area contributed by atoms with Crippen molar-refractivity contribution in [2.75, 3.05) is 32.1 Å². The van der Waals surface area contributed by atoms with Gasteiger partial charge in [0.05, 0.1) is 18.7 Å². The first-order valence-corrected chi connectivity index (χ1v) is 10.1. The Kier molecular flexibility index (Phi) is 7.49. The van der Waals surface area contributed by atoms with Crippen molar-refractivity contribution >= 4 is 29.5 Å². The van der Waals surface area contributed by atoms with Gasteiger partial charge < -0.3 is 14.8 Å². The van der Waals surface area contributed by atoms with Gasteiger partial charge >= 0.3 is 5.97 Å². The Labute approximate surface area is 176 Å². The predicted molar refractivity (Wildman–Crippen MR) is 115 cm³/mol. The summed E-state index contributed by atoms with van der Waals surface area (Å²) in [6, 6.07) is 10.3. The number of esters is 1. The lowest BCUT2D eigenvalue weighted by molar-refractivity contribution is -0.137. The molecule has 1 atom stereocenters. The summed E-state index contributed by atoms with van der Waals surface area (Å²) in [6.45, 7) is 4.96. The molecule has 1 aliphatic heterocycles. The molecule has 2 aromatic rings. The summed E-state index contributed by atoms with van der Waals surface area (Å²) >= 11 is 6.38. The van der Waals surface area contributed by atoms with E-state index in [9.17, 15) is 4.79 Å². The first-order valence-electron chi connectivity index (χ1n) is 9.69. The number of nitrogens with zero attached hydrogens (tertiary/aromatic N) is 2. The van der Waals surface area contributed by atoms with E-state index in [1.165, 1.54) is 11.6 Å². The fraction of sp³-hybridized carbons (Fsp3) is 0.364. The van der Waals surface area contributed by atoms with Crippen LogP contribution in [0.2, 0.25) is 5.02 Å². The highest BCUT2D eigenvalue weighted by Crippen LogP contribution is 2.24. The Balaban J connectivity index is 1.53. The van der Waals surface area contributed by atoms with Crippen LogP contribution in [0, 0.1) is 0 Å². The number of carbonyl (C=O) groups is 1. The van der Waals surface area contributed by atoms with Crippen LogP contribution in [0.4, 0.5) is 5.82 Å². The number of carbonyl (C=O) groups excluding carboxylic acids is 1. The standard InChI is InChI=1S/C22H26ClN3O3/c1-3-29-21(27)9-6-17-12-20(23)22(24-13-17)25-18-10-11-26(15-18)14-16-4-7-19(28-2)8-5-16/h4-9,12-13,18H,3,10-11,14-15H2,1-2H3,(H,24,25)/b9-6+/t18-/m1/s1. The molecule has 29 heavy (non-hydrogen) atoms. The predicted octanol–water partition coefficient (Wildman–Crippen LogP) is 4.01. The zero-order valence-electron chi connectivity index (χ0n) is 16.7. The van der Waals surface area contributed by atoms with Crippen LogP contribution in [0.1, 0.15) is 24.5 Å². The minimum absolute atomic E-state index is 0.291. The number of hydrogen-bond donors (Lipinski definition) is 1. The molecule has 1 fully saturated rings. The second-order valence-corrected chi connectivity index (χ2v) is 7.30. The number of methoxy groups -OCH3 is 1. The molecule has 0 bridgehead atoms. The van der Waals surface area contributed by atoms with Crippen molar-refractivity contribution in [2.45, 2.75) is 25.9 Å². The fourth-order valence-corrected chi connectivity index (χ4v) is 3.51. The molecule has 6 nitrogen and oxygen atoms in total. The summed E-state index contributed by atoms with van der Waals surface area (Å²) < 4.78 is 10.1. The maximum atomic E-state index is 11.4. The summed E-state index contributed by atoms with van der Waals surface area (Å²) in [6.07, 6.45) is 5.73. The normalized spacial score (nSPS) is 16.9. The number of rotatable bonds is 8. The molecule has 1 aliphatic rings. The van der Waals surface area contributed by atoms with Crippen molar-refractivity contribution in [3.8, 4) is 5.75 Å². The molecule has 7 heteroatoms. The number of halogens is 1. The molecule has 3 rings (SSSR count). The van der Waals surface area contributed by atoms with Crippen molar-refractivity contribution in [3.05, 3.63) is 58.8 Å². The minimum atomic E-state index is -0.381. The van der Waals surface area contributed by atoms with Gasteiger partial charge in [-0.25, -0.2) is 9.78 Å². The average Bonchev–Trinajstić information content (AvgIpc) is 3.16. The molecule has 1 aromatic carbocycles. The van der Waals surface area contributed by atoms with Gasteiger partial charge in [0.15, 0.2) is 0 Å². The lowest BCUT2D eigenvalue weighted by Crippen LogP contribution is -2.26. The topological polar surface area (TPSA) is 63.7 Å². The number of ether oxygens (including phenoxy) is 2. The van der Waals surface area contributed by atoms with Gasteiger partial charge in [0.25, 0.3) is 0 Å². The maximum Gasteiger partial charge on any atom is 0.330 e. The molecule has 2 heterocycles. The van der Waals surface area contributed by atoms with Gasteiger partial charge in [-0.2, -0.15) is 0 Å². The van der Waals surface area contributed by atoms with Crippen LogP contribution in [0.3, 0.4) is 0 Å². The van der Waals surface area contributed by atoms with Crippen LogP contribution in [-0.4, -0.2) is 48.7 Å². The van der Waals surface area contributed by atoms with Crippen LogP contribution in [0.25, 0.3) is 6.08 Å². The third-order valence-electron chi connectivity index (χ3n) is 4.74. The Morgan fingerprint density at radius 3 is 2.86 bits per heavy atom. The van der Waals surface area contributed by atoms with Crippen LogP contribution < -0.4 is 10.1 Å². The highest BCUT2D eigenvalue weighted by molar-refractivity contribution is 6.33. The van der Waals surface area contributed by atoms with E-state index in [1.807, 2.05) is 12.1 Å². The number of aromatic nitrogens is 1. The van der Waals surface area contributed by atoms with Gasteiger partial charge in [-0.05, 0) is 48.7 Å². The smallest absolute Gasteiger partial charge is 0.330 e. The van der Waals surface area contributed by atoms with E-state index in [-0.39, 0.29) is 5.97 Å². The molecular weight excluding hydrogens is 390 g/mol. The summed E-state index contributed by atoms with van der Waals surface area (Å²) in [7, 11) is 1.67. The summed E-state index contributed by atoms with van der Waals surface area (Å²) in [5, 5.41) is 3.97. The van der Waals surface area contributed by atoms with E-state index in [0.717, 1.165) is 37.4 Å². The van der Waals surface area contributed by atoms with Crippen molar-refractivity contribution in [1.29, 1.82) is 0 Å². The lowest BCUT2D eigenvalue weighted by atomic mass is 10.2. The molecule has 1 N–H and O–H groups in total. The Bertz CT molecular complexity index is 855. The largest absolute Gasteiger partial charge is 0.497 e. The number of hydrogen-bond acceptors (Lipinski definition) is 6. The summed E-state index contributed by atoms with van der Waals surface area (Å²) in [4.78, 5) is 18.2. The molecule has 0 saturated carbocycles. The Morgan fingerprint density at radius 2 is 2.17 bits per heavy atom. The average molecular weight is 416 g/mol. The third kappa shape index (κ3) is 6.21. The van der Waals surface area contributed by atoms with Crippen LogP contribution in [-0.2, 0) is 16.1 Å². The molecule has 0 amide bonds. The number of pyridine rings is 1. The molecular formula is C22H26ClN3O3. The molecule has 1 saturated heterocycles. The van der Waals surface area contributed by atoms with Crippen LogP contribution in [0.5, 0.6) is 5.75 Å². The maximum absolute atomic E-state index is 11.4. The first kappa shape index (κ1) is 21.1. The van der Waals surface area contributed by atoms with E-state index < -0.39 is 0 Å². The van der Waals surface area contributed by atoms with Gasteiger partial charge in [-0.1, -0.05) is 23.7 Å². The van der Waals surface area contributed by atoms with Gasteiger partial charge in [0.1, 0.15) is 11.6 Å². The van der Waals surface area contributed by atoms with Crippen molar-refractivity contribution < 1.29 is 14.3 Å². The highest BCUT2D eigenvalue weighted by atomic mass is 35.5. The second-order valence-electron chi connectivity index (χ2n) is 6.90. The monoisotopic (exact) mass is 415 g/mol. The summed E-state index contributed by atoms with van der Waals surface area (Å²) in [5.41, 5.74) is 2.02. The van der Waals surface area contributed by atoms with Gasteiger partial charge in [-0.15, -0.1) is 0 Å². The van der Waals surface area contributed by atoms with Gasteiger partial charge in [-0.3, -0.25) is 4.90 Å². The van der Waals surface area contributed by atoms with Crippen LogP contribution in [0.15, 0.2) is 42.6 Å². The molecule has 0 unspecified atom stereocenters. The zero-order chi connectivity index (χ0) is 20.6. The lowest BCUT2D eigenvalue weighted by Gasteiger charge is -2.18. The molecule has 154 valence electrons. The zero-order valence-corrected chi connectivity index (χ0v) is 17.5. The number of benzene rings is 1. The Morgan fingerprint density at radius 1 is 1.38 bits per heavy atom. The van der Waals surface area contributed by atoms with E-state index >= 15 is 0 Å². The Hall–Kier alpha value is -2.57. The molecule has 0 aliphatic carbocycles. The number of likely N-dealkylation sites (tertiary alicyclic amines) is 1. The quantitative estimate of drug-likeness (QED) is 0.519. The van der Waals surface area contributed by atoms with E-state index in [1.54, 1.807) is 32.4 Å². The van der Waals surface area contributed by atoms with E-state index in [4.69, 9.17) is 21.1 Å². The molecule has 1 aromatic heterocycles. The highest BCUT2D eigenvalue weighted by Gasteiger charge is 2.23. The minimum Gasteiger partial charge on any atom is -0.497 e. The third-order valence-corrected chi connectivity index (χ3v) is 5.03. The fourth-order valence-electron chi connectivity index (χ4n) is 3.28. The van der Waals surface area contributed by atoms with Gasteiger partial charge in [0, 0.05) is 37.9 Å². The van der Waals surface area contributed by atoms with Crippen molar-refractivity contribution in [2.24, 2.45) is 0 Å². The van der Waals surface area contributed by atoms with E-state index in [0.29, 0.717) is 23.5 Å².